The van der Waals surface area contributed by atoms with Crippen molar-refractivity contribution in [3.63, 3.8) is 0 Å². The zero-order valence-electron chi connectivity index (χ0n) is 31.0. The Bertz CT molecular complexity index is 1520. The summed E-state index contributed by atoms with van der Waals surface area (Å²) >= 11 is 0. The summed E-state index contributed by atoms with van der Waals surface area (Å²) in [4.78, 5) is 34.4. The molecule has 2 aliphatic heterocycles. The number of rotatable bonds is 14. The van der Waals surface area contributed by atoms with Gasteiger partial charge in [-0.05, 0) is 96.8 Å². The van der Waals surface area contributed by atoms with Crippen molar-refractivity contribution in [1.29, 1.82) is 0 Å². The van der Waals surface area contributed by atoms with Crippen molar-refractivity contribution in [1.82, 2.24) is 34.5 Å². The van der Waals surface area contributed by atoms with Crippen LogP contribution in [-0.2, 0) is 26.2 Å². The molecule has 0 bridgehead atoms. The highest BCUT2D eigenvalue weighted by atomic mass is 35.5. The highest BCUT2D eigenvalue weighted by Crippen LogP contribution is 2.36. The second kappa shape index (κ2) is 19.9. The molecule has 3 aliphatic rings. The smallest absolute Gasteiger partial charge is 0.246 e. The number of aromatic nitrogens is 2. The average molecular weight is 793 g/mol. The molecule has 1 atom stereocenters. The van der Waals surface area contributed by atoms with E-state index in [2.05, 4.69) is 21.9 Å². The van der Waals surface area contributed by atoms with Crippen LogP contribution in [0.15, 0.2) is 29.2 Å². The molecular weight excluding hydrogens is 733 g/mol. The van der Waals surface area contributed by atoms with Gasteiger partial charge >= 0.3 is 0 Å². The molecule has 2 N–H and O–H groups in total. The molecule has 11 nitrogen and oxygen atoms in total. The number of sulfonamides is 1. The van der Waals surface area contributed by atoms with Crippen molar-refractivity contribution in [3.8, 4) is 5.69 Å². The summed E-state index contributed by atoms with van der Waals surface area (Å²) in [5.74, 6) is 0.678. The molecule has 1 aromatic carbocycles. The third kappa shape index (κ3) is 10.6. The summed E-state index contributed by atoms with van der Waals surface area (Å²) in [6, 6.07) is 6.46. The molecule has 51 heavy (non-hydrogen) atoms. The quantitative estimate of drug-likeness (QED) is 0.246. The number of nitrogens with zero attached hydrogens (tertiary/aromatic N) is 5. The molecule has 2 amide bonds. The van der Waals surface area contributed by atoms with Crippen molar-refractivity contribution < 1.29 is 18.0 Å². The van der Waals surface area contributed by atoms with Gasteiger partial charge in [0.2, 0.25) is 21.8 Å². The van der Waals surface area contributed by atoms with Crippen LogP contribution in [0.3, 0.4) is 0 Å². The Morgan fingerprint density at radius 1 is 0.980 bits per heavy atom. The summed E-state index contributed by atoms with van der Waals surface area (Å²) in [7, 11) is 0.346. The zero-order valence-corrected chi connectivity index (χ0v) is 34.3. The number of benzene rings is 1. The van der Waals surface area contributed by atoms with Crippen LogP contribution in [0.1, 0.15) is 94.5 Å². The second-order valence-corrected chi connectivity index (χ2v) is 16.3. The molecule has 1 saturated carbocycles. The molecule has 2 aromatic rings. The molecule has 0 unspecified atom stereocenters. The summed E-state index contributed by atoms with van der Waals surface area (Å²) < 4.78 is 30.2. The lowest BCUT2D eigenvalue weighted by atomic mass is 9.79. The van der Waals surface area contributed by atoms with Gasteiger partial charge in [0.1, 0.15) is 11.6 Å². The number of nitrogens with one attached hydrogen (secondary N) is 2. The van der Waals surface area contributed by atoms with Crippen LogP contribution >= 0.6 is 37.2 Å². The molecule has 5 rings (SSSR count). The first-order valence-electron chi connectivity index (χ1n) is 18.1. The topological polar surface area (TPSA) is 120 Å². The predicted molar refractivity (Wildman–Crippen MR) is 210 cm³/mol. The van der Waals surface area contributed by atoms with E-state index in [9.17, 15) is 18.0 Å². The van der Waals surface area contributed by atoms with Crippen molar-refractivity contribution in [2.24, 2.45) is 5.92 Å². The van der Waals surface area contributed by atoms with E-state index in [0.29, 0.717) is 38.4 Å². The number of hydrogen-bond donors (Lipinski definition) is 2. The van der Waals surface area contributed by atoms with Crippen molar-refractivity contribution in [3.05, 3.63) is 41.2 Å². The third-order valence-electron chi connectivity index (χ3n) is 10.8. The number of halogens is 3. The van der Waals surface area contributed by atoms with Crippen LogP contribution in [0.2, 0.25) is 0 Å². The molecule has 15 heteroatoms. The lowest BCUT2D eigenvalue weighted by Crippen LogP contribution is -2.73. The van der Waals surface area contributed by atoms with E-state index in [1.54, 1.807) is 24.3 Å². The number of carbonyl (C=O) groups is 2. The zero-order chi connectivity index (χ0) is 34.5. The van der Waals surface area contributed by atoms with Gasteiger partial charge in [-0.15, -0.1) is 37.2 Å². The van der Waals surface area contributed by atoms with Crippen LogP contribution in [0.5, 0.6) is 0 Å². The summed E-state index contributed by atoms with van der Waals surface area (Å²) in [6.07, 6.45) is 10.7. The molecule has 3 fully saturated rings. The SMILES string of the molecule is CCCCN1C(=O)[C@H](CC2CCCCC2)NC(=O)C12CCN(Cc1c(C)nn(-c3ccc(S(=O)(=O)NCCCN(C)C)cc3)c1C)CC2.Cl.Cl.Cl. The van der Waals surface area contributed by atoms with E-state index in [0.717, 1.165) is 80.8 Å². The highest BCUT2D eigenvalue weighted by molar-refractivity contribution is 7.89. The normalized spacial score (nSPS) is 19.7. The molecule has 0 radical (unpaired) electrons. The maximum atomic E-state index is 13.9. The van der Waals surface area contributed by atoms with E-state index in [1.165, 1.54) is 19.3 Å². The average Bonchev–Trinajstić information content (AvgIpc) is 3.35. The van der Waals surface area contributed by atoms with E-state index in [1.807, 2.05) is 42.4 Å². The Balaban J connectivity index is 0.00000300. The molecule has 1 aliphatic carbocycles. The van der Waals surface area contributed by atoms with Gasteiger partial charge in [0.05, 0.1) is 16.3 Å². The minimum absolute atomic E-state index is 0. The molecular formula is C36H60Cl3N7O4S. The van der Waals surface area contributed by atoms with Crippen molar-refractivity contribution >= 4 is 59.1 Å². The van der Waals surface area contributed by atoms with E-state index < -0.39 is 21.6 Å². The first kappa shape index (κ1) is 45.2. The first-order chi connectivity index (χ1) is 22.9. The predicted octanol–water partition coefficient (Wildman–Crippen LogP) is 5.42. The number of aryl methyl sites for hydroxylation is 1. The van der Waals surface area contributed by atoms with Gasteiger partial charge in [-0.1, -0.05) is 45.4 Å². The fourth-order valence-corrected chi connectivity index (χ4v) is 8.91. The summed E-state index contributed by atoms with van der Waals surface area (Å²) in [5, 5.41) is 8.03. The van der Waals surface area contributed by atoms with E-state index in [-0.39, 0.29) is 53.9 Å². The second-order valence-electron chi connectivity index (χ2n) is 14.5. The Kier molecular flexibility index (Phi) is 17.7. The van der Waals surface area contributed by atoms with Gasteiger partial charge in [-0.2, -0.15) is 5.10 Å². The third-order valence-corrected chi connectivity index (χ3v) is 12.3. The minimum atomic E-state index is -3.59. The lowest BCUT2D eigenvalue weighted by molar-refractivity contribution is -0.162. The monoisotopic (exact) mass is 791 g/mol. The standard InChI is InChI=1S/C36H57N7O4S.3ClH/c1-6-7-22-42-34(44)33(25-29-12-9-8-10-13-29)38-35(45)36(42)18-23-41(24-19-36)26-32-27(2)39-43(28(32)3)30-14-16-31(17-15-30)48(46,47)37-20-11-21-40(4)5;;;/h14-17,29,33,37H,6-13,18-26H2,1-5H3,(H,38,45);3*1H/t33-;;;/m0.../s1. The lowest BCUT2D eigenvalue weighted by Gasteiger charge is -2.52. The molecule has 1 aromatic heterocycles. The largest absolute Gasteiger partial charge is 0.342 e. The van der Waals surface area contributed by atoms with Crippen LogP contribution in [0, 0.1) is 19.8 Å². The van der Waals surface area contributed by atoms with Gasteiger partial charge in [0, 0.05) is 44.0 Å². The fraction of sp³-hybridized carbons (Fsp3) is 0.694. The molecule has 1 spiro atoms. The maximum Gasteiger partial charge on any atom is 0.246 e. The van der Waals surface area contributed by atoms with Gasteiger partial charge in [0.15, 0.2) is 0 Å². The Morgan fingerprint density at radius 2 is 1.63 bits per heavy atom. The Labute approximate surface area is 324 Å². The van der Waals surface area contributed by atoms with Gasteiger partial charge in [0.25, 0.3) is 0 Å². The summed E-state index contributed by atoms with van der Waals surface area (Å²) in [5.41, 5.74) is 3.09. The number of hydrogen-bond acceptors (Lipinski definition) is 7. The molecule has 290 valence electrons. The van der Waals surface area contributed by atoms with Crippen LogP contribution in [0.4, 0.5) is 0 Å². The van der Waals surface area contributed by atoms with Gasteiger partial charge in [-0.3, -0.25) is 14.5 Å². The number of amides is 2. The molecule has 3 heterocycles. The number of unbranched alkanes of at least 4 members (excludes halogenated alkanes) is 1. The highest BCUT2D eigenvalue weighted by Gasteiger charge is 2.53. The van der Waals surface area contributed by atoms with Gasteiger partial charge < -0.3 is 15.1 Å². The number of piperazine rings is 1. The fourth-order valence-electron chi connectivity index (χ4n) is 7.84. The van der Waals surface area contributed by atoms with Crippen molar-refractivity contribution in [2.75, 3.05) is 46.8 Å². The number of likely N-dealkylation sites (tertiary alicyclic amines) is 1. The van der Waals surface area contributed by atoms with Crippen LogP contribution in [0.25, 0.3) is 5.69 Å². The minimum Gasteiger partial charge on any atom is -0.342 e. The van der Waals surface area contributed by atoms with Crippen LogP contribution < -0.4 is 10.0 Å². The maximum absolute atomic E-state index is 13.9. The van der Waals surface area contributed by atoms with Gasteiger partial charge in [-0.25, -0.2) is 17.8 Å². The van der Waals surface area contributed by atoms with E-state index >= 15 is 0 Å². The van der Waals surface area contributed by atoms with Crippen molar-refractivity contribution in [2.45, 2.75) is 114 Å². The summed E-state index contributed by atoms with van der Waals surface area (Å²) in [6.45, 7) is 10.2. The Hall–Kier alpha value is -1.93. The van der Waals surface area contributed by atoms with Crippen LogP contribution in [-0.4, -0.2) is 103 Å². The first-order valence-corrected chi connectivity index (χ1v) is 19.6. The Morgan fingerprint density at radius 3 is 2.24 bits per heavy atom. The van der Waals surface area contributed by atoms with E-state index in [4.69, 9.17) is 5.10 Å². The number of carbonyl (C=O) groups excluding carboxylic acids is 2. The number of piperidine rings is 1. The molecule has 2 saturated heterocycles.